The lowest BCUT2D eigenvalue weighted by molar-refractivity contribution is -0.158. The number of carbonyl (C=O) groups excluding carboxylic acids is 2. The summed E-state index contributed by atoms with van der Waals surface area (Å²) in [5.74, 6) is -3.13. The largest absolute Gasteiger partial charge is 0.460 e. The number of nitrogens with zero attached hydrogens (tertiary/aromatic N) is 2. The average Bonchev–Trinajstić information content (AvgIpc) is 3.11. The van der Waals surface area contributed by atoms with Gasteiger partial charge in [0.25, 0.3) is 0 Å². The second-order valence-corrected chi connectivity index (χ2v) is 10.4. The fraction of sp³-hybridized carbons (Fsp3) is 0.524. The highest BCUT2D eigenvalue weighted by Crippen LogP contribution is 2.34. The molecule has 0 saturated carbocycles. The first-order valence-electron chi connectivity index (χ1n) is 10.4. The molecule has 3 rings (SSSR count). The lowest BCUT2D eigenvalue weighted by Gasteiger charge is -2.34. The first-order chi connectivity index (χ1) is 15.3. The van der Waals surface area contributed by atoms with Crippen LogP contribution in [0.3, 0.4) is 0 Å². The molecular weight excluding hydrogens is 460 g/mol. The van der Waals surface area contributed by atoms with Gasteiger partial charge in [0.05, 0.1) is 6.10 Å². The van der Waals surface area contributed by atoms with Gasteiger partial charge in [-0.05, 0) is 32.1 Å². The minimum atomic E-state index is -4.01. The van der Waals surface area contributed by atoms with Gasteiger partial charge in [0, 0.05) is 51.0 Å². The predicted octanol–water partition coefficient (Wildman–Crippen LogP) is 2.08. The lowest BCUT2D eigenvalue weighted by Crippen LogP contribution is -2.52. The number of esters is 1. The van der Waals surface area contributed by atoms with E-state index in [1.165, 1.54) is 22.2 Å². The first kappa shape index (κ1) is 24.9. The van der Waals surface area contributed by atoms with Gasteiger partial charge in [-0.3, -0.25) is 0 Å². The number of hydrogen-bond donors (Lipinski definition) is 1. The van der Waals surface area contributed by atoms with Crippen molar-refractivity contribution in [1.29, 1.82) is 0 Å². The number of halogens is 2. The number of carbonyl (C=O) groups is 2. The number of ether oxygens (including phenoxy) is 2. The minimum Gasteiger partial charge on any atom is -0.460 e. The van der Waals surface area contributed by atoms with Crippen LogP contribution in [0.5, 0.6) is 0 Å². The Morgan fingerprint density at radius 3 is 2.33 bits per heavy atom. The summed E-state index contributed by atoms with van der Waals surface area (Å²) in [4.78, 5) is 26.0. The van der Waals surface area contributed by atoms with Crippen LogP contribution in [0.25, 0.3) is 0 Å². The molecule has 1 saturated heterocycles. The topological polar surface area (TPSA) is 105 Å². The zero-order valence-electron chi connectivity index (χ0n) is 18.8. The molecule has 182 valence electrons. The summed E-state index contributed by atoms with van der Waals surface area (Å²) in [7, 11) is -2.45. The normalized spacial score (nSPS) is 21.5. The van der Waals surface area contributed by atoms with Crippen molar-refractivity contribution in [3.8, 4) is 0 Å². The number of hydrazine groups is 1. The van der Waals surface area contributed by atoms with Crippen LogP contribution < -0.4 is 5.43 Å². The maximum absolute atomic E-state index is 15.0. The Balaban J connectivity index is 1.81. The van der Waals surface area contributed by atoms with E-state index in [1.54, 1.807) is 20.9 Å². The van der Waals surface area contributed by atoms with Gasteiger partial charge < -0.3 is 19.4 Å². The smallest absolute Gasteiger partial charge is 0.410 e. The summed E-state index contributed by atoms with van der Waals surface area (Å²) in [5, 5.41) is 1.38. The van der Waals surface area contributed by atoms with Crippen molar-refractivity contribution in [3.63, 3.8) is 0 Å². The Kier molecular flexibility index (Phi) is 6.99. The Morgan fingerprint density at radius 2 is 1.82 bits per heavy atom. The van der Waals surface area contributed by atoms with Crippen molar-refractivity contribution in [2.45, 2.75) is 49.3 Å². The Hall–Kier alpha value is -2.73. The molecule has 9 nitrogen and oxygen atoms in total. The van der Waals surface area contributed by atoms with Gasteiger partial charge in [0.15, 0.2) is 15.4 Å². The summed E-state index contributed by atoms with van der Waals surface area (Å²) < 4.78 is 63.8. The summed E-state index contributed by atoms with van der Waals surface area (Å²) in [6.07, 6.45) is 2.97. The van der Waals surface area contributed by atoms with Gasteiger partial charge in [-0.25, -0.2) is 32.2 Å². The number of likely N-dealkylation sites (tertiary alicyclic amines) is 1. The zero-order valence-corrected chi connectivity index (χ0v) is 19.6. The number of hydrogen-bond acceptors (Lipinski definition) is 8. The lowest BCUT2D eigenvalue weighted by atomic mass is 9.90. The molecule has 0 bridgehead atoms. The molecule has 1 atom stereocenters. The second-order valence-electron chi connectivity index (χ2n) is 8.41. The molecule has 0 aliphatic carbocycles. The van der Waals surface area contributed by atoms with E-state index < -0.39 is 55.6 Å². The van der Waals surface area contributed by atoms with E-state index in [9.17, 15) is 26.8 Å². The van der Waals surface area contributed by atoms with Crippen LogP contribution >= 0.6 is 0 Å². The highest BCUT2D eigenvalue weighted by atomic mass is 32.2. The maximum atomic E-state index is 15.0. The molecule has 2 aliphatic rings. The summed E-state index contributed by atoms with van der Waals surface area (Å²) in [5.41, 5.74) is 0.463. The third kappa shape index (κ3) is 5.27. The number of amides is 1. The molecule has 1 aromatic rings. The number of rotatable bonds is 5. The summed E-state index contributed by atoms with van der Waals surface area (Å²) in [6.45, 7) is 4.11. The van der Waals surface area contributed by atoms with Crippen LogP contribution in [-0.4, -0.2) is 69.0 Å². The van der Waals surface area contributed by atoms with E-state index in [-0.39, 0.29) is 6.10 Å². The van der Waals surface area contributed by atoms with Gasteiger partial charge in [-0.2, -0.15) is 0 Å². The van der Waals surface area contributed by atoms with Gasteiger partial charge in [0.1, 0.15) is 22.6 Å². The molecule has 12 heteroatoms. The third-order valence-corrected chi connectivity index (χ3v) is 6.49. The van der Waals surface area contributed by atoms with Crippen molar-refractivity contribution < 1.29 is 36.3 Å². The molecule has 0 spiro atoms. The molecule has 1 unspecified atom stereocenters. The molecule has 1 N–H and O–H groups in total. The Bertz CT molecular complexity index is 1070. The van der Waals surface area contributed by atoms with Crippen LogP contribution in [0.4, 0.5) is 13.6 Å². The standard InChI is InChI=1S/C21H27F2N3O6S/c1-13(2)31-20(28)26-8-5-14(6-9-26)32-19(27)21(7-10-25(3)24-21)15-11-17(23)18(12-16(15)22)33(4,29)30/h7,10-14,24H,5-6,8-9H2,1-4H3. The highest BCUT2D eigenvalue weighted by molar-refractivity contribution is 7.90. The quantitative estimate of drug-likeness (QED) is 0.630. The highest BCUT2D eigenvalue weighted by Gasteiger charge is 2.47. The average molecular weight is 488 g/mol. The van der Waals surface area contributed by atoms with E-state index >= 15 is 0 Å². The maximum Gasteiger partial charge on any atom is 0.410 e. The van der Waals surface area contributed by atoms with E-state index in [0.29, 0.717) is 38.1 Å². The second kappa shape index (κ2) is 9.26. The van der Waals surface area contributed by atoms with Gasteiger partial charge in [0.2, 0.25) is 0 Å². The minimum absolute atomic E-state index is 0.255. The summed E-state index contributed by atoms with van der Waals surface area (Å²) in [6, 6.07) is 1.25. The van der Waals surface area contributed by atoms with Gasteiger partial charge >= 0.3 is 12.1 Å². The van der Waals surface area contributed by atoms with E-state index in [4.69, 9.17) is 9.47 Å². The van der Waals surface area contributed by atoms with E-state index in [1.807, 2.05) is 0 Å². The van der Waals surface area contributed by atoms with Crippen LogP contribution in [0.1, 0.15) is 32.3 Å². The number of benzene rings is 1. The molecular formula is C21H27F2N3O6S. The first-order valence-corrected chi connectivity index (χ1v) is 12.3. The zero-order chi connectivity index (χ0) is 24.6. The fourth-order valence-corrected chi connectivity index (χ4v) is 4.47. The summed E-state index contributed by atoms with van der Waals surface area (Å²) >= 11 is 0. The Labute approximate surface area is 191 Å². The number of piperidine rings is 1. The molecule has 33 heavy (non-hydrogen) atoms. The van der Waals surface area contributed by atoms with Crippen molar-refractivity contribution in [2.24, 2.45) is 0 Å². The Morgan fingerprint density at radius 1 is 1.18 bits per heavy atom. The molecule has 2 heterocycles. The van der Waals surface area contributed by atoms with Gasteiger partial charge in [-0.1, -0.05) is 0 Å². The van der Waals surface area contributed by atoms with E-state index in [0.717, 1.165) is 6.26 Å². The molecule has 1 fully saturated rings. The van der Waals surface area contributed by atoms with Crippen molar-refractivity contribution in [2.75, 3.05) is 26.4 Å². The van der Waals surface area contributed by atoms with Crippen LogP contribution in [0.2, 0.25) is 0 Å². The predicted molar refractivity (Wildman–Crippen MR) is 113 cm³/mol. The molecule has 1 amide bonds. The molecule has 0 aromatic heterocycles. The molecule has 1 aromatic carbocycles. The third-order valence-electron chi connectivity index (χ3n) is 5.38. The number of sulfone groups is 1. The van der Waals surface area contributed by atoms with Crippen LogP contribution in [-0.2, 0) is 29.6 Å². The molecule has 2 aliphatic heterocycles. The monoisotopic (exact) mass is 487 g/mol. The SMILES string of the molecule is CC(C)OC(=O)N1CCC(OC(=O)C2(c3cc(F)c(S(C)(=O)=O)cc3F)C=CN(C)N2)CC1. The van der Waals surface area contributed by atoms with Gasteiger partial charge in [-0.15, -0.1) is 0 Å². The molecule has 0 radical (unpaired) electrons. The van der Waals surface area contributed by atoms with E-state index in [2.05, 4.69) is 5.43 Å². The van der Waals surface area contributed by atoms with Crippen LogP contribution in [0.15, 0.2) is 29.3 Å². The van der Waals surface area contributed by atoms with Crippen molar-refractivity contribution in [3.05, 3.63) is 41.6 Å². The fourth-order valence-electron chi connectivity index (χ4n) is 3.74. The van der Waals surface area contributed by atoms with Crippen LogP contribution in [0, 0.1) is 11.6 Å². The van der Waals surface area contributed by atoms with Crippen molar-refractivity contribution >= 4 is 21.9 Å². The number of nitrogens with one attached hydrogen (secondary N) is 1. The van der Waals surface area contributed by atoms with Crippen molar-refractivity contribution in [1.82, 2.24) is 15.3 Å².